The smallest absolute Gasteiger partial charge is 0.268 e. The monoisotopic (exact) mass is 496 g/mol. The molecule has 0 aliphatic carbocycles. The molecule has 184 valence electrons. The first kappa shape index (κ1) is 25.9. The van der Waals surface area contributed by atoms with E-state index in [0.29, 0.717) is 52.4 Å². The Morgan fingerprint density at radius 2 is 1.37 bits per heavy atom. The van der Waals surface area contributed by atoms with Gasteiger partial charge in [0.2, 0.25) is 0 Å². The number of carbonyl (C=O) groups excluding carboxylic acids is 2. The van der Waals surface area contributed by atoms with Crippen molar-refractivity contribution in [3.63, 3.8) is 0 Å². The summed E-state index contributed by atoms with van der Waals surface area (Å²) in [6.07, 6.45) is 0. The SMILES string of the molecule is CCOc1cc(NC(=O)C(C)(C)Oc2ccc(Cl)cc2)c(OCC)cc1NC(=O)c1ccccc1. The van der Waals surface area contributed by atoms with Crippen LogP contribution in [0, 0.1) is 0 Å². The molecular weight excluding hydrogens is 468 g/mol. The van der Waals surface area contributed by atoms with Gasteiger partial charge in [-0.2, -0.15) is 0 Å². The number of hydrogen-bond acceptors (Lipinski definition) is 5. The maximum atomic E-state index is 13.2. The van der Waals surface area contributed by atoms with Gasteiger partial charge < -0.3 is 24.8 Å². The highest BCUT2D eigenvalue weighted by Gasteiger charge is 2.31. The molecule has 0 saturated carbocycles. The summed E-state index contributed by atoms with van der Waals surface area (Å²) in [5, 5.41) is 6.31. The molecule has 0 saturated heterocycles. The van der Waals surface area contributed by atoms with Crippen LogP contribution in [0.25, 0.3) is 0 Å². The minimum absolute atomic E-state index is 0.289. The lowest BCUT2D eigenvalue weighted by molar-refractivity contribution is -0.128. The summed E-state index contributed by atoms with van der Waals surface area (Å²) in [4.78, 5) is 25.9. The van der Waals surface area contributed by atoms with Crippen molar-refractivity contribution in [3.8, 4) is 17.2 Å². The topological polar surface area (TPSA) is 85.9 Å². The second-order valence-electron chi connectivity index (χ2n) is 8.05. The number of anilines is 2. The van der Waals surface area contributed by atoms with Crippen molar-refractivity contribution in [2.45, 2.75) is 33.3 Å². The molecule has 7 nitrogen and oxygen atoms in total. The molecule has 35 heavy (non-hydrogen) atoms. The summed E-state index contributed by atoms with van der Waals surface area (Å²) in [6.45, 7) is 7.71. The Morgan fingerprint density at radius 1 is 0.829 bits per heavy atom. The number of amides is 2. The van der Waals surface area contributed by atoms with E-state index in [1.807, 2.05) is 19.9 Å². The molecule has 0 radical (unpaired) electrons. The first-order valence-electron chi connectivity index (χ1n) is 11.3. The maximum absolute atomic E-state index is 13.2. The van der Waals surface area contributed by atoms with E-state index in [9.17, 15) is 9.59 Å². The van der Waals surface area contributed by atoms with Crippen molar-refractivity contribution in [2.75, 3.05) is 23.8 Å². The van der Waals surface area contributed by atoms with E-state index >= 15 is 0 Å². The molecule has 0 unspecified atom stereocenters. The molecule has 0 atom stereocenters. The van der Waals surface area contributed by atoms with E-state index in [1.54, 1.807) is 74.5 Å². The number of rotatable bonds is 10. The molecule has 3 rings (SSSR count). The molecule has 2 amide bonds. The predicted octanol–water partition coefficient (Wildman–Crippen LogP) is 6.19. The molecule has 0 spiro atoms. The van der Waals surface area contributed by atoms with Crippen LogP contribution < -0.4 is 24.8 Å². The normalized spacial score (nSPS) is 10.9. The molecule has 2 N–H and O–H groups in total. The average Bonchev–Trinajstić information content (AvgIpc) is 2.83. The maximum Gasteiger partial charge on any atom is 0.268 e. The van der Waals surface area contributed by atoms with Gasteiger partial charge in [-0.25, -0.2) is 0 Å². The van der Waals surface area contributed by atoms with Gasteiger partial charge >= 0.3 is 0 Å². The minimum atomic E-state index is -1.21. The van der Waals surface area contributed by atoms with Crippen LogP contribution in [-0.2, 0) is 4.79 Å². The summed E-state index contributed by atoms with van der Waals surface area (Å²) in [6, 6.07) is 18.9. The fourth-order valence-electron chi connectivity index (χ4n) is 3.21. The molecule has 0 bridgehead atoms. The number of halogens is 1. The van der Waals surface area contributed by atoms with Crippen LogP contribution in [0.2, 0.25) is 5.02 Å². The Bertz CT molecular complexity index is 1160. The summed E-state index contributed by atoms with van der Waals surface area (Å²) in [5.74, 6) is 0.607. The van der Waals surface area contributed by atoms with Crippen molar-refractivity contribution in [1.82, 2.24) is 0 Å². The van der Waals surface area contributed by atoms with Gasteiger partial charge in [-0.3, -0.25) is 9.59 Å². The molecule has 3 aromatic carbocycles. The first-order valence-corrected chi connectivity index (χ1v) is 11.7. The van der Waals surface area contributed by atoms with Crippen molar-refractivity contribution < 1.29 is 23.8 Å². The zero-order valence-electron chi connectivity index (χ0n) is 20.2. The van der Waals surface area contributed by atoms with E-state index in [4.69, 9.17) is 25.8 Å². The number of hydrogen-bond donors (Lipinski definition) is 2. The second-order valence-corrected chi connectivity index (χ2v) is 8.49. The molecule has 3 aromatic rings. The van der Waals surface area contributed by atoms with E-state index in [2.05, 4.69) is 10.6 Å². The minimum Gasteiger partial charge on any atom is -0.492 e. The highest BCUT2D eigenvalue weighted by Crippen LogP contribution is 2.38. The van der Waals surface area contributed by atoms with Gasteiger partial charge in [0.25, 0.3) is 11.8 Å². The highest BCUT2D eigenvalue weighted by molar-refractivity contribution is 6.30. The molecular formula is C27H29ClN2O5. The van der Waals surface area contributed by atoms with Crippen molar-refractivity contribution in [1.29, 1.82) is 0 Å². The van der Waals surface area contributed by atoms with Crippen molar-refractivity contribution in [3.05, 3.63) is 77.3 Å². The second kappa shape index (κ2) is 11.6. The number of nitrogens with one attached hydrogen (secondary N) is 2. The molecule has 0 aliphatic rings. The number of carbonyl (C=O) groups is 2. The third kappa shape index (κ3) is 6.90. The molecule has 0 fully saturated rings. The Balaban J connectivity index is 1.87. The Kier molecular flexibility index (Phi) is 8.60. The Hall–Kier alpha value is -3.71. The Labute approximate surface area is 210 Å². The van der Waals surface area contributed by atoms with Gasteiger partial charge in [-0.1, -0.05) is 29.8 Å². The van der Waals surface area contributed by atoms with E-state index < -0.39 is 11.5 Å². The lowest BCUT2D eigenvalue weighted by Crippen LogP contribution is -2.42. The van der Waals surface area contributed by atoms with Gasteiger partial charge in [0, 0.05) is 22.7 Å². The molecule has 0 aromatic heterocycles. The van der Waals surface area contributed by atoms with Crippen molar-refractivity contribution in [2.24, 2.45) is 0 Å². The fourth-order valence-corrected chi connectivity index (χ4v) is 3.33. The van der Waals surface area contributed by atoms with Gasteiger partial charge in [0.15, 0.2) is 5.60 Å². The van der Waals surface area contributed by atoms with Gasteiger partial charge in [0.05, 0.1) is 24.6 Å². The van der Waals surface area contributed by atoms with Crippen LogP contribution in [0.15, 0.2) is 66.7 Å². The van der Waals surface area contributed by atoms with Crippen LogP contribution >= 0.6 is 11.6 Å². The van der Waals surface area contributed by atoms with Crippen molar-refractivity contribution >= 4 is 34.8 Å². The van der Waals surface area contributed by atoms with E-state index in [1.165, 1.54) is 0 Å². The predicted molar refractivity (Wildman–Crippen MR) is 138 cm³/mol. The third-order valence-corrected chi connectivity index (χ3v) is 5.20. The number of benzene rings is 3. The number of ether oxygens (including phenoxy) is 3. The Morgan fingerprint density at radius 3 is 1.91 bits per heavy atom. The average molecular weight is 497 g/mol. The first-order chi connectivity index (χ1) is 16.7. The van der Waals surface area contributed by atoms with Crippen LogP contribution in [0.4, 0.5) is 11.4 Å². The van der Waals surface area contributed by atoms with E-state index in [-0.39, 0.29) is 5.91 Å². The molecule has 0 aliphatic heterocycles. The molecule has 0 heterocycles. The summed E-state index contributed by atoms with van der Waals surface area (Å²) >= 11 is 5.93. The van der Waals surface area contributed by atoms with Crippen LogP contribution in [0.5, 0.6) is 17.2 Å². The van der Waals surface area contributed by atoms with Gasteiger partial charge in [0.1, 0.15) is 17.2 Å². The summed E-state index contributed by atoms with van der Waals surface area (Å²) in [7, 11) is 0. The standard InChI is InChI=1S/C27H29ClN2O5/c1-5-33-23-17-22(30-26(32)27(3,4)35-20-14-12-19(28)13-15-20)24(34-6-2)16-21(23)29-25(31)18-10-8-7-9-11-18/h7-17H,5-6H2,1-4H3,(H,29,31)(H,30,32). The van der Waals surface area contributed by atoms with Crippen LogP contribution in [0.1, 0.15) is 38.1 Å². The third-order valence-electron chi connectivity index (χ3n) is 4.95. The molecule has 8 heteroatoms. The van der Waals surface area contributed by atoms with Gasteiger partial charge in [-0.15, -0.1) is 0 Å². The quantitative estimate of drug-likeness (QED) is 0.349. The highest BCUT2D eigenvalue weighted by atomic mass is 35.5. The van der Waals surface area contributed by atoms with Crippen LogP contribution in [0.3, 0.4) is 0 Å². The lowest BCUT2D eigenvalue weighted by atomic mass is 10.1. The zero-order chi connectivity index (χ0) is 25.4. The van der Waals surface area contributed by atoms with Crippen LogP contribution in [-0.4, -0.2) is 30.6 Å². The summed E-state index contributed by atoms with van der Waals surface area (Å²) < 4.78 is 17.4. The lowest BCUT2D eigenvalue weighted by Gasteiger charge is -2.26. The zero-order valence-corrected chi connectivity index (χ0v) is 20.9. The van der Waals surface area contributed by atoms with E-state index in [0.717, 1.165) is 0 Å². The fraction of sp³-hybridized carbons (Fsp3) is 0.259. The largest absolute Gasteiger partial charge is 0.492 e. The van der Waals surface area contributed by atoms with Gasteiger partial charge in [-0.05, 0) is 64.1 Å². The summed E-state index contributed by atoms with van der Waals surface area (Å²) in [5.41, 5.74) is 0.125.